The van der Waals surface area contributed by atoms with Crippen LogP contribution in [0.4, 0.5) is 0 Å². The SMILES string of the molecule is [CH2-]C(C)C.[OH-].[OH-].[OH-].[Ti+4]. The van der Waals surface area contributed by atoms with Crippen LogP contribution in [-0.2, 0) is 21.7 Å². The van der Waals surface area contributed by atoms with Gasteiger partial charge in [0, 0.05) is 0 Å². The molecule has 0 saturated heterocycles. The second-order valence-corrected chi connectivity index (χ2v) is 1.39. The molecular weight excluding hydrogens is 144 g/mol. The minimum atomic E-state index is 0. The van der Waals surface area contributed by atoms with Crippen molar-refractivity contribution in [1.82, 2.24) is 0 Å². The largest absolute Gasteiger partial charge is 4.00 e. The molecule has 0 radical (unpaired) electrons. The van der Waals surface area contributed by atoms with Crippen molar-refractivity contribution in [3.8, 4) is 0 Å². The Morgan fingerprint density at radius 3 is 1.00 bits per heavy atom. The number of hydrogen-bond acceptors (Lipinski definition) is 3. The van der Waals surface area contributed by atoms with Gasteiger partial charge in [-0.2, -0.15) is 5.92 Å². The van der Waals surface area contributed by atoms with Gasteiger partial charge in [-0.3, -0.25) is 0 Å². The molecule has 0 aromatic rings. The van der Waals surface area contributed by atoms with Crippen LogP contribution >= 0.6 is 0 Å². The first-order chi connectivity index (χ1) is 1.73. The summed E-state index contributed by atoms with van der Waals surface area (Å²) in [4.78, 5) is 0. The van der Waals surface area contributed by atoms with Crippen LogP contribution in [0, 0.1) is 12.8 Å². The number of hydrogen-bond donors (Lipinski definition) is 0. The average molecular weight is 156 g/mol. The molecule has 0 aromatic heterocycles. The molecule has 8 heavy (non-hydrogen) atoms. The summed E-state index contributed by atoms with van der Waals surface area (Å²) in [6, 6.07) is 0. The minimum absolute atomic E-state index is 0. The van der Waals surface area contributed by atoms with Crippen LogP contribution in [0.1, 0.15) is 13.8 Å². The molecule has 0 bridgehead atoms. The van der Waals surface area contributed by atoms with Gasteiger partial charge in [0.25, 0.3) is 0 Å². The zero-order valence-corrected chi connectivity index (χ0v) is 6.69. The van der Waals surface area contributed by atoms with Gasteiger partial charge in [0.05, 0.1) is 0 Å². The summed E-state index contributed by atoms with van der Waals surface area (Å²) in [6.45, 7) is 7.75. The van der Waals surface area contributed by atoms with Gasteiger partial charge in [-0.15, -0.1) is 0 Å². The topological polar surface area (TPSA) is 90.0 Å². The van der Waals surface area contributed by atoms with E-state index < -0.39 is 0 Å². The Balaban J connectivity index is -0.00000000750. The third kappa shape index (κ3) is 584. The van der Waals surface area contributed by atoms with E-state index in [4.69, 9.17) is 0 Å². The molecule has 0 fully saturated rings. The quantitative estimate of drug-likeness (QED) is 0.386. The molecular formula is C4H12O3Ti. The first-order valence-electron chi connectivity index (χ1n) is 1.56. The van der Waals surface area contributed by atoms with Crippen molar-refractivity contribution in [2.75, 3.05) is 0 Å². The molecule has 3 nitrogen and oxygen atoms in total. The van der Waals surface area contributed by atoms with Crippen LogP contribution in [0.3, 0.4) is 0 Å². The van der Waals surface area contributed by atoms with Crippen LogP contribution in [0.5, 0.6) is 0 Å². The molecule has 0 aromatic carbocycles. The van der Waals surface area contributed by atoms with Gasteiger partial charge in [-0.1, -0.05) is 13.8 Å². The number of rotatable bonds is 0. The molecule has 0 heterocycles. The molecule has 0 aliphatic carbocycles. The van der Waals surface area contributed by atoms with Crippen molar-refractivity contribution in [1.29, 1.82) is 0 Å². The Kier molecular flexibility index (Phi) is 123. The smallest absolute Gasteiger partial charge is 0.870 e. The van der Waals surface area contributed by atoms with Gasteiger partial charge >= 0.3 is 21.7 Å². The van der Waals surface area contributed by atoms with Crippen LogP contribution < -0.4 is 0 Å². The minimum Gasteiger partial charge on any atom is -0.870 e. The summed E-state index contributed by atoms with van der Waals surface area (Å²) in [6.07, 6.45) is 0. The van der Waals surface area contributed by atoms with Crippen molar-refractivity contribution in [2.24, 2.45) is 5.92 Å². The molecule has 4 heteroatoms. The summed E-state index contributed by atoms with van der Waals surface area (Å²) in [7, 11) is 0. The van der Waals surface area contributed by atoms with Crippen LogP contribution in [0.15, 0.2) is 0 Å². The van der Waals surface area contributed by atoms with Gasteiger partial charge in [-0.05, 0) is 0 Å². The standard InChI is InChI=1S/C4H9.3H2O.Ti/c1-4(2)3;;;;/h4H,1H2,2-3H3;3*1H2;/q-1;;;;+4/p-3. The average Bonchev–Trinajstić information content (AvgIpc) is 0.811. The van der Waals surface area contributed by atoms with Crippen molar-refractivity contribution in [3.63, 3.8) is 0 Å². The summed E-state index contributed by atoms with van der Waals surface area (Å²) in [5.41, 5.74) is 0. The normalized spacial score (nSPS) is 4.50. The van der Waals surface area contributed by atoms with Gasteiger partial charge in [-0.25, -0.2) is 0 Å². The molecule has 50 valence electrons. The van der Waals surface area contributed by atoms with E-state index in [1.54, 1.807) is 0 Å². The maximum absolute atomic E-state index is 3.64. The molecule has 0 spiro atoms. The van der Waals surface area contributed by atoms with Gasteiger partial charge in [0.2, 0.25) is 0 Å². The van der Waals surface area contributed by atoms with Crippen molar-refractivity contribution >= 4 is 0 Å². The molecule has 0 saturated carbocycles. The molecule has 0 rings (SSSR count). The van der Waals surface area contributed by atoms with Gasteiger partial charge in [0.1, 0.15) is 0 Å². The first-order valence-corrected chi connectivity index (χ1v) is 1.56. The van der Waals surface area contributed by atoms with Crippen LogP contribution in [-0.4, -0.2) is 16.4 Å². The first kappa shape index (κ1) is 38.4. The Bertz CT molecular complexity index is 16.0. The van der Waals surface area contributed by atoms with E-state index in [1.807, 2.05) is 0 Å². The summed E-state index contributed by atoms with van der Waals surface area (Å²) >= 11 is 0. The molecule has 0 aliphatic rings. The van der Waals surface area contributed by atoms with Gasteiger partial charge < -0.3 is 23.4 Å². The fourth-order valence-corrected chi connectivity index (χ4v) is 0. The molecule has 0 unspecified atom stereocenters. The van der Waals surface area contributed by atoms with E-state index in [-0.39, 0.29) is 38.1 Å². The van der Waals surface area contributed by atoms with Crippen LogP contribution in [0.25, 0.3) is 0 Å². The van der Waals surface area contributed by atoms with E-state index in [1.165, 1.54) is 0 Å². The predicted octanol–water partition coefficient (Wildman–Crippen LogP) is 0.944. The van der Waals surface area contributed by atoms with Crippen molar-refractivity contribution < 1.29 is 38.1 Å². The molecule has 0 amide bonds. The second-order valence-electron chi connectivity index (χ2n) is 1.39. The maximum Gasteiger partial charge on any atom is 4.00 e. The summed E-state index contributed by atoms with van der Waals surface area (Å²) < 4.78 is 0. The summed E-state index contributed by atoms with van der Waals surface area (Å²) in [5, 5.41) is 0. The molecule has 3 N–H and O–H groups in total. The van der Waals surface area contributed by atoms with E-state index >= 15 is 0 Å². The monoisotopic (exact) mass is 156 g/mol. The zero-order valence-electron chi connectivity index (χ0n) is 5.13. The third-order valence-electron chi connectivity index (χ3n) is 0. The Morgan fingerprint density at radius 2 is 1.00 bits per heavy atom. The third-order valence-corrected chi connectivity index (χ3v) is 0. The van der Waals surface area contributed by atoms with E-state index in [2.05, 4.69) is 20.8 Å². The Labute approximate surface area is 65.3 Å². The second kappa shape index (κ2) is 25.6. The zero-order chi connectivity index (χ0) is 3.58. The van der Waals surface area contributed by atoms with E-state index in [0.717, 1.165) is 0 Å². The Morgan fingerprint density at radius 1 is 1.00 bits per heavy atom. The molecule has 0 aliphatic heterocycles. The van der Waals surface area contributed by atoms with E-state index in [9.17, 15) is 0 Å². The van der Waals surface area contributed by atoms with Crippen molar-refractivity contribution in [2.45, 2.75) is 13.8 Å². The Hall–Kier alpha value is 0.594. The summed E-state index contributed by atoms with van der Waals surface area (Å²) in [5.74, 6) is 0.583. The molecule has 0 atom stereocenters. The maximum atomic E-state index is 3.64. The fraction of sp³-hybridized carbons (Fsp3) is 0.750. The fourth-order valence-electron chi connectivity index (χ4n) is 0. The van der Waals surface area contributed by atoms with Crippen molar-refractivity contribution in [3.05, 3.63) is 6.92 Å². The predicted molar refractivity (Wildman–Crippen MR) is 26.0 cm³/mol. The van der Waals surface area contributed by atoms with Gasteiger partial charge in [0.15, 0.2) is 0 Å². The van der Waals surface area contributed by atoms with Crippen LogP contribution in [0.2, 0.25) is 0 Å². The van der Waals surface area contributed by atoms with E-state index in [0.29, 0.717) is 5.92 Å².